The lowest BCUT2D eigenvalue weighted by molar-refractivity contribution is 0.131. The van der Waals surface area contributed by atoms with Crippen molar-refractivity contribution in [2.24, 2.45) is 0 Å². The first kappa shape index (κ1) is 19.8. The first-order valence-corrected chi connectivity index (χ1v) is 7.95. The lowest BCUT2D eigenvalue weighted by atomic mass is 10.1. The molecule has 0 atom stereocenters. The van der Waals surface area contributed by atoms with E-state index in [0.717, 1.165) is 39.3 Å². The number of nitrogens with zero attached hydrogens (tertiary/aromatic N) is 1. The van der Waals surface area contributed by atoms with Crippen molar-refractivity contribution in [3.8, 4) is 0 Å². The van der Waals surface area contributed by atoms with E-state index >= 15 is 0 Å². The average Bonchev–Trinajstić information content (AvgIpc) is 2.38. The van der Waals surface area contributed by atoms with E-state index in [1.165, 1.54) is 25.8 Å². The average molecular weight is 288 g/mol. The zero-order chi connectivity index (χ0) is 15.3. The molecule has 0 amide bonds. The van der Waals surface area contributed by atoms with E-state index in [0.29, 0.717) is 0 Å². The summed E-state index contributed by atoms with van der Waals surface area (Å²) in [6, 6.07) is 0. The van der Waals surface area contributed by atoms with E-state index < -0.39 is 0 Å². The van der Waals surface area contributed by atoms with Crippen molar-refractivity contribution in [2.75, 3.05) is 53.6 Å². The molecule has 0 aliphatic heterocycles. The van der Waals surface area contributed by atoms with Crippen LogP contribution in [0, 0.1) is 0 Å². The molecule has 0 radical (unpaired) electrons. The Morgan fingerprint density at radius 3 is 2.05 bits per heavy atom. The molecule has 0 bridgehead atoms. The first-order valence-electron chi connectivity index (χ1n) is 7.95. The molecule has 0 aliphatic carbocycles. The van der Waals surface area contributed by atoms with Crippen molar-refractivity contribution in [3.63, 3.8) is 0 Å². The van der Waals surface area contributed by atoms with Crippen LogP contribution in [-0.4, -0.2) is 64.1 Å². The van der Waals surface area contributed by atoms with Gasteiger partial charge in [-0.1, -0.05) is 6.42 Å². The van der Waals surface area contributed by atoms with E-state index in [-0.39, 0.29) is 5.54 Å². The van der Waals surface area contributed by atoms with Gasteiger partial charge in [-0.25, -0.2) is 0 Å². The van der Waals surface area contributed by atoms with Gasteiger partial charge in [0.2, 0.25) is 0 Å². The molecule has 0 aromatic carbocycles. The van der Waals surface area contributed by atoms with Crippen LogP contribution >= 0.6 is 0 Å². The SMILES string of the molecule is COCCCN(CCCCCNC(C)(C)C)CCOC. The Hall–Kier alpha value is -0.160. The molecule has 0 rings (SSSR count). The minimum Gasteiger partial charge on any atom is -0.385 e. The minimum atomic E-state index is 0.241. The Balaban J connectivity index is 3.61. The number of hydrogen-bond donors (Lipinski definition) is 1. The molecule has 122 valence electrons. The lowest BCUT2D eigenvalue weighted by Crippen LogP contribution is -2.36. The van der Waals surface area contributed by atoms with Crippen molar-refractivity contribution in [1.29, 1.82) is 0 Å². The number of rotatable bonds is 13. The molecule has 0 spiro atoms. The van der Waals surface area contributed by atoms with Gasteiger partial charge >= 0.3 is 0 Å². The van der Waals surface area contributed by atoms with Crippen molar-refractivity contribution in [1.82, 2.24) is 10.2 Å². The predicted molar refractivity (Wildman–Crippen MR) is 86.4 cm³/mol. The Morgan fingerprint density at radius 1 is 0.800 bits per heavy atom. The molecule has 4 nitrogen and oxygen atoms in total. The topological polar surface area (TPSA) is 33.7 Å². The molecular formula is C16H36N2O2. The van der Waals surface area contributed by atoms with Crippen LogP contribution in [0.3, 0.4) is 0 Å². The van der Waals surface area contributed by atoms with Gasteiger partial charge in [0.15, 0.2) is 0 Å². The van der Waals surface area contributed by atoms with Crippen LogP contribution in [0.15, 0.2) is 0 Å². The third kappa shape index (κ3) is 14.3. The fraction of sp³-hybridized carbons (Fsp3) is 1.00. The van der Waals surface area contributed by atoms with E-state index in [1.807, 2.05) is 0 Å². The first-order chi connectivity index (χ1) is 9.49. The second-order valence-electron chi connectivity index (χ2n) is 6.42. The van der Waals surface area contributed by atoms with E-state index in [2.05, 4.69) is 31.0 Å². The maximum Gasteiger partial charge on any atom is 0.0589 e. The minimum absolute atomic E-state index is 0.241. The predicted octanol–water partition coefficient (Wildman–Crippen LogP) is 2.53. The van der Waals surface area contributed by atoms with Gasteiger partial charge in [0.25, 0.3) is 0 Å². The van der Waals surface area contributed by atoms with Crippen molar-refractivity contribution >= 4 is 0 Å². The summed E-state index contributed by atoms with van der Waals surface area (Å²) < 4.78 is 10.3. The summed E-state index contributed by atoms with van der Waals surface area (Å²) in [5.41, 5.74) is 0.241. The maximum absolute atomic E-state index is 5.18. The normalized spacial score (nSPS) is 12.3. The van der Waals surface area contributed by atoms with E-state index in [1.54, 1.807) is 14.2 Å². The summed E-state index contributed by atoms with van der Waals surface area (Å²) in [5.74, 6) is 0. The third-order valence-electron chi connectivity index (χ3n) is 3.24. The highest BCUT2D eigenvalue weighted by molar-refractivity contribution is 4.69. The van der Waals surface area contributed by atoms with Gasteiger partial charge in [-0.05, 0) is 53.1 Å². The smallest absolute Gasteiger partial charge is 0.0589 e. The summed E-state index contributed by atoms with van der Waals surface area (Å²) >= 11 is 0. The molecule has 0 fully saturated rings. The van der Waals surface area contributed by atoms with Gasteiger partial charge in [-0.3, -0.25) is 0 Å². The Labute approximate surface area is 126 Å². The van der Waals surface area contributed by atoms with Crippen molar-refractivity contribution < 1.29 is 9.47 Å². The van der Waals surface area contributed by atoms with Crippen LogP contribution < -0.4 is 5.32 Å². The summed E-state index contributed by atoms with van der Waals surface area (Å²) in [7, 11) is 3.53. The molecule has 0 heterocycles. The lowest BCUT2D eigenvalue weighted by Gasteiger charge is -2.22. The largest absolute Gasteiger partial charge is 0.385 e. The highest BCUT2D eigenvalue weighted by Gasteiger charge is 2.07. The number of ether oxygens (including phenoxy) is 2. The molecule has 0 saturated carbocycles. The second-order valence-corrected chi connectivity index (χ2v) is 6.42. The van der Waals surface area contributed by atoms with Crippen LogP contribution in [-0.2, 0) is 9.47 Å². The van der Waals surface area contributed by atoms with Crippen molar-refractivity contribution in [2.45, 2.75) is 52.0 Å². The van der Waals surface area contributed by atoms with E-state index in [4.69, 9.17) is 9.47 Å². The standard InChI is InChI=1S/C16H36N2O2/c1-16(2,3)17-10-7-6-8-11-18(13-15-20-5)12-9-14-19-4/h17H,6-15H2,1-5H3. The highest BCUT2D eigenvalue weighted by atomic mass is 16.5. The van der Waals surface area contributed by atoms with Crippen LogP contribution in [0.25, 0.3) is 0 Å². The van der Waals surface area contributed by atoms with Gasteiger partial charge < -0.3 is 19.7 Å². The zero-order valence-electron chi connectivity index (χ0n) is 14.3. The summed E-state index contributed by atoms with van der Waals surface area (Å²) in [6.07, 6.45) is 4.92. The molecule has 20 heavy (non-hydrogen) atoms. The highest BCUT2D eigenvalue weighted by Crippen LogP contribution is 2.03. The molecule has 4 heteroatoms. The molecule has 0 aromatic rings. The van der Waals surface area contributed by atoms with Crippen LogP contribution in [0.4, 0.5) is 0 Å². The van der Waals surface area contributed by atoms with Gasteiger partial charge in [0.05, 0.1) is 6.61 Å². The summed E-state index contributed by atoms with van der Waals surface area (Å²) in [6.45, 7) is 12.7. The molecule has 0 aliphatic rings. The number of hydrogen-bond acceptors (Lipinski definition) is 4. The molecule has 0 saturated heterocycles. The monoisotopic (exact) mass is 288 g/mol. The van der Waals surface area contributed by atoms with Gasteiger partial charge in [-0.15, -0.1) is 0 Å². The quantitative estimate of drug-likeness (QED) is 0.528. The summed E-state index contributed by atoms with van der Waals surface area (Å²) in [5, 5.41) is 3.54. The van der Waals surface area contributed by atoms with Crippen LogP contribution in [0.2, 0.25) is 0 Å². The Bertz CT molecular complexity index is 205. The molecule has 0 aromatic heterocycles. The van der Waals surface area contributed by atoms with Crippen molar-refractivity contribution in [3.05, 3.63) is 0 Å². The van der Waals surface area contributed by atoms with Gasteiger partial charge in [0.1, 0.15) is 0 Å². The number of unbranched alkanes of at least 4 members (excludes halogenated alkanes) is 2. The van der Waals surface area contributed by atoms with Crippen LogP contribution in [0.5, 0.6) is 0 Å². The van der Waals surface area contributed by atoms with E-state index in [9.17, 15) is 0 Å². The fourth-order valence-electron chi connectivity index (χ4n) is 2.09. The zero-order valence-corrected chi connectivity index (χ0v) is 14.3. The second kappa shape index (κ2) is 12.6. The Morgan fingerprint density at radius 2 is 1.45 bits per heavy atom. The number of methoxy groups -OCH3 is 2. The van der Waals surface area contributed by atoms with Gasteiger partial charge in [0, 0.05) is 39.5 Å². The number of nitrogens with one attached hydrogen (secondary N) is 1. The third-order valence-corrected chi connectivity index (χ3v) is 3.24. The molecule has 1 N–H and O–H groups in total. The maximum atomic E-state index is 5.18. The molecular weight excluding hydrogens is 252 g/mol. The molecule has 0 unspecified atom stereocenters. The summed E-state index contributed by atoms with van der Waals surface area (Å²) in [4.78, 5) is 2.49. The van der Waals surface area contributed by atoms with Crippen LogP contribution in [0.1, 0.15) is 46.5 Å². The van der Waals surface area contributed by atoms with Gasteiger partial charge in [-0.2, -0.15) is 0 Å². The fourth-order valence-corrected chi connectivity index (χ4v) is 2.09. The Kier molecular flexibility index (Phi) is 12.5.